The van der Waals surface area contributed by atoms with E-state index in [1.54, 1.807) is 18.2 Å². The lowest BCUT2D eigenvalue weighted by molar-refractivity contribution is -0.137. The van der Waals surface area contributed by atoms with Crippen molar-refractivity contribution in [2.24, 2.45) is 45.5 Å². The highest BCUT2D eigenvalue weighted by molar-refractivity contribution is 8.76. The number of hydrogen-bond acceptors (Lipinski definition) is 20. The highest BCUT2D eigenvalue weighted by Crippen LogP contribution is 2.32. The van der Waals surface area contributed by atoms with Crippen molar-refractivity contribution in [3.05, 3.63) is 23.2 Å². The molecule has 0 saturated heterocycles. The molecule has 21 nitrogen and oxygen atoms in total. The van der Waals surface area contributed by atoms with Crippen LogP contribution in [-0.4, -0.2) is 137 Å². The first-order valence-electron chi connectivity index (χ1n) is 24.6. The second kappa shape index (κ2) is 34.9. The third-order valence-corrected chi connectivity index (χ3v) is 16.2. The molecule has 72 heavy (non-hydrogen) atoms. The number of aliphatic imine (C=N–C) groups is 1. The zero-order chi connectivity index (χ0) is 52.8. The Hall–Kier alpha value is -4.37. The molecule has 1 aliphatic heterocycles. The Morgan fingerprint density at radius 2 is 1.31 bits per heavy atom. The lowest BCUT2D eigenvalue weighted by Gasteiger charge is -2.25. The molecular weight excluding hydrogens is 1010 g/mol. The molecule has 0 bridgehead atoms. The van der Waals surface area contributed by atoms with Crippen LogP contribution in [0.4, 0.5) is 4.79 Å². The van der Waals surface area contributed by atoms with E-state index in [4.69, 9.17) is 38.1 Å². The van der Waals surface area contributed by atoms with Gasteiger partial charge in [0, 0.05) is 54.9 Å². The lowest BCUT2D eigenvalue weighted by atomic mass is 9.89. The number of thiazole rings is 1. The van der Waals surface area contributed by atoms with Gasteiger partial charge in [0.05, 0.1) is 28.9 Å². The highest BCUT2D eigenvalue weighted by atomic mass is 33.1. The van der Waals surface area contributed by atoms with E-state index in [0.29, 0.717) is 137 Å². The number of thioether (sulfide) groups is 1. The maximum Gasteiger partial charge on any atom is 0.513 e. The Morgan fingerprint density at radius 3 is 1.86 bits per heavy atom. The summed E-state index contributed by atoms with van der Waals surface area (Å²) in [7, 11) is 2.87. The Balaban J connectivity index is 1.55. The van der Waals surface area contributed by atoms with E-state index in [1.165, 1.54) is 51.6 Å². The minimum atomic E-state index is -0.985. The van der Waals surface area contributed by atoms with Crippen LogP contribution in [0.3, 0.4) is 0 Å². The molecule has 402 valence electrons. The number of carboxylic acid groups (broad SMARTS) is 1. The molecule has 25 heteroatoms. The Labute approximate surface area is 437 Å². The van der Waals surface area contributed by atoms with Gasteiger partial charge in [0.1, 0.15) is 21.8 Å². The summed E-state index contributed by atoms with van der Waals surface area (Å²) >= 11 is 2.65. The number of rotatable bonds is 39. The number of unbranched alkanes of at least 4 members (excludes halogenated alkanes) is 5. The van der Waals surface area contributed by atoms with Crippen molar-refractivity contribution in [1.82, 2.24) is 20.9 Å². The molecule has 3 rings (SSSR count). The van der Waals surface area contributed by atoms with Crippen LogP contribution in [-0.2, 0) is 38.3 Å². The first-order chi connectivity index (χ1) is 34.6. The molecule has 14 N–H and O–H groups in total. The fourth-order valence-electron chi connectivity index (χ4n) is 7.51. The molecule has 1 aromatic heterocycles. The average Bonchev–Trinajstić information content (AvgIpc) is 4.01. The summed E-state index contributed by atoms with van der Waals surface area (Å²) in [6.07, 6.45) is 5.76. The molecule has 0 radical (unpaired) electrons. The molecular formula is C47H74N10O11S4. The van der Waals surface area contributed by atoms with Crippen LogP contribution >= 0.6 is 44.7 Å². The predicted molar refractivity (Wildman–Crippen MR) is 285 cm³/mol. The first kappa shape index (κ1) is 61.9. The molecule has 0 spiro atoms. The fraction of sp³-hybridized carbons (Fsp3) is 0.660. The normalized spacial score (nSPS) is 15.4. The lowest BCUT2D eigenvalue weighted by Crippen LogP contribution is -2.49. The molecule has 0 aliphatic carbocycles. The molecule has 0 saturated carbocycles. The zero-order valence-electron chi connectivity index (χ0n) is 41.1. The summed E-state index contributed by atoms with van der Waals surface area (Å²) < 4.78 is 11.4. The number of carbonyl (C=O) groups is 8. The van der Waals surface area contributed by atoms with Crippen molar-refractivity contribution >= 4 is 107 Å². The van der Waals surface area contributed by atoms with Gasteiger partial charge in [-0.25, -0.2) is 14.6 Å². The number of aliphatic carboxylic acids is 1. The number of carbonyl (C=O) groups excluding carboxylic acids is 7. The van der Waals surface area contributed by atoms with Gasteiger partial charge in [-0.2, -0.15) is 0 Å². The molecule has 1 aromatic carbocycles. The van der Waals surface area contributed by atoms with Gasteiger partial charge >= 0.3 is 12.1 Å². The molecule has 0 unspecified atom stereocenters. The number of aromatic nitrogens is 1. The number of fused-ring (bicyclic) bond motifs is 1. The summed E-state index contributed by atoms with van der Waals surface area (Å²) in [5.41, 5.74) is 29.1. The predicted octanol–water partition coefficient (Wildman–Crippen LogP) is 3.55. The van der Waals surface area contributed by atoms with Crippen LogP contribution in [0.1, 0.15) is 115 Å². The Kier molecular flexibility index (Phi) is 30.1. The molecule has 2 aromatic rings. The molecule has 4 amide bonds. The SMILES string of the molecule is CC(=O)N[C@@H](CSSCCCCOC(=O)Oc1ccc2nc(C3=N[C@@H](C(=O)O)CS3)sc2c1)C(=O)C[C@H](CCCCN)C(=O)N[C@H](CCCCN)C(=O)C[C@H](CCCCN)C(=O)N[C@H](CCCCN)C(N)=O. The fourth-order valence-corrected chi connectivity index (χ4v) is 11.9. The summed E-state index contributed by atoms with van der Waals surface area (Å²) in [6, 6.07) is 1.35. The summed E-state index contributed by atoms with van der Waals surface area (Å²) in [6.45, 7) is 2.97. The number of carboxylic acids is 1. The number of nitrogens with two attached hydrogens (primary N) is 5. The number of benzene rings is 1. The van der Waals surface area contributed by atoms with E-state index in [2.05, 4.69) is 25.9 Å². The molecule has 2 heterocycles. The topological polar surface area (TPSA) is 367 Å². The van der Waals surface area contributed by atoms with Crippen molar-refractivity contribution in [3.8, 4) is 5.75 Å². The van der Waals surface area contributed by atoms with Crippen LogP contribution < -0.4 is 49.4 Å². The van der Waals surface area contributed by atoms with Gasteiger partial charge in [0.15, 0.2) is 17.6 Å². The minimum Gasteiger partial charge on any atom is -0.480 e. The number of hydrogen-bond donors (Lipinski definition) is 9. The quantitative estimate of drug-likeness (QED) is 0.0200. The number of ether oxygens (including phenoxy) is 2. The monoisotopic (exact) mass is 1080 g/mol. The van der Waals surface area contributed by atoms with Crippen molar-refractivity contribution in [2.45, 2.75) is 134 Å². The van der Waals surface area contributed by atoms with Crippen molar-refractivity contribution < 1.29 is 52.9 Å². The second-order valence-corrected chi connectivity index (χ2v) is 22.1. The largest absolute Gasteiger partial charge is 0.513 e. The van der Waals surface area contributed by atoms with Gasteiger partial charge in [-0.15, -0.1) is 23.1 Å². The second-order valence-electron chi connectivity index (χ2n) is 17.4. The highest BCUT2D eigenvalue weighted by Gasteiger charge is 2.33. The summed E-state index contributed by atoms with van der Waals surface area (Å²) in [5, 5.41) is 18.8. The van der Waals surface area contributed by atoms with Crippen LogP contribution in [0.25, 0.3) is 10.2 Å². The van der Waals surface area contributed by atoms with E-state index in [0.717, 1.165) is 4.70 Å². The minimum absolute atomic E-state index is 0.108. The number of ketones is 2. The third-order valence-electron chi connectivity index (χ3n) is 11.5. The smallest absolute Gasteiger partial charge is 0.480 e. The number of Topliss-reactive ketones (excluding diaryl/α,β-unsaturated/α-hetero) is 2. The van der Waals surface area contributed by atoms with E-state index in [1.807, 2.05) is 0 Å². The maximum absolute atomic E-state index is 14.1. The van der Waals surface area contributed by atoms with E-state index in [-0.39, 0.29) is 48.9 Å². The Morgan fingerprint density at radius 1 is 0.736 bits per heavy atom. The van der Waals surface area contributed by atoms with Crippen LogP contribution in [0, 0.1) is 11.8 Å². The Bertz CT molecular complexity index is 2120. The van der Waals surface area contributed by atoms with Gasteiger partial charge in [0.2, 0.25) is 23.6 Å². The standard InChI is InChI=1S/C47H74N10O11S4/c1-29(58)53-36(28-71-70-23-11-10-22-67-47(66)68-32-16-17-34-40(26-32)72-45(56-34)44-57-37(27-69-44)46(64)65)39(60)25-31(13-3-7-19-49)42(62)54-33(14-4-8-20-50)38(59)24-30(12-2-6-18-48)43(63)55-35(41(52)61)15-5-9-21-51/h16-17,26,30-31,33,35-37H,2-15,18-25,27-28,48-51H2,1H3,(H2,52,61)(H,53,58)(H,54,62)(H,55,63)(H,64,65)/t30-,31-,33+,35+,36-,37+/m0/s1. The van der Waals surface area contributed by atoms with Crippen LogP contribution in [0.5, 0.6) is 5.75 Å². The number of nitrogens with one attached hydrogen (secondary N) is 3. The molecule has 0 fully saturated rings. The van der Waals surface area contributed by atoms with E-state index in [9.17, 15) is 43.5 Å². The molecule has 6 atom stereocenters. The van der Waals surface area contributed by atoms with Gasteiger partial charge < -0.3 is 59.2 Å². The van der Waals surface area contributed by atoms with Gasteiger partial charge in [-0.1, -0.05) is 34.4 Å². The zero-order valence-corrected chi connectivity index (χ0v) is 44.4. The van der Waals surface area contributed by atoms with Crippen LogP contribution in [0.15, 0.2) is 23.2 Å². The van der Waals surface area contributed by atoms with E-state index < -0.39 is 71.8 Å². The van der Waals surface area contributed by atoms with Crippen LogP contribution in [0.2, 0.25) is 0 Å². The summed E-state index contributed by atoms with van der Waals surface area (Å²) in [4.78, 5) is 113. The maximum atomic E-state index is 14.1. The number of nitrogens with zero attached hydrogens (tertiary/aromatic N) is 2. The number of primary amides is 1. The summed E-state index contributed by atoms with van der Waals surface area (Å²) in [5.74, 6) is -3.96. The first-order valence-corrected chi connectivity index (χ1v) is 28.9. The van der Waals surface area contributed by atoms with Gasteiger partial charge in [-0.3, -0.25) is 33.8 Å². The molecule has 1 aliphatic rings. The third kappa shape index (κ3) is 23.2. The average molecular weight is 1080 g/mol. The van der Waals surface area contributed by atoms with Crippen molar-refractivity contribution in [2.75, 3.05) is 50.0 Å². The van der Waals surface area contributed by atoms with Gasteiger partial charge in [-0.05, 0) is 115 Å². The number of amides is 4. The van der Waals surface area contributed by atoms with E-state index >= 15 is 0 Å². The van der Waals surface area contributed by atoms with Gasteiger partial charge in [0.25, 0.3) is 0 Å². The van der Waals surface area contributed by atoms with Crippen molar-refractivity contribution in [1.29, 1.82) is 0 Å². The van der Waals surface area contributed by atoms with Crippen molar-refractivity contribution in [3.63, 3.8) is 0 Å².